The summed E-state index contributed by atoms with van der Waals surface area (Å²) in [5, 5.41) is 9.69. The summed E-state index contributed by atoms with van der Waals surface area (Å²) in [6.07, 6.45) is 4.60. The zero-order chi connectivity index (χ0) is 12.3. The molecule has 1 aliphatic rings. The predicted molar refractivity (Wildman–Crippen MR) is 78.8 cm³/mol. The first-order valence-electron chi connectivity index (χ1n) is 6.23. The number of hydrogen-bond acceptors (Lipinski definition) is 2. The molecule has 3 N–H and O–H groups in total. The van der Waals surface area contributed by atoms with Crippen molar-refractivity contribution >= 4 is 22.6 Å². The second kappa shape index (κ2) is 5.67. The molecular formula is C14H20INO. The fraction of sp³-hybridized carbons (Fsp3) is 0.571. The molecule has 3 heteroatoms. The van der Waals surface area contributed by atoms with Crippen molar-refractivity contribution in [3.8, 4) is 0 Å². The molecule has 1 atom stereocenters. The lowest BCUT2D eigenvalue weighted by Gasteiger charge is -2.30. The molecule has 0 radical (unpaired) electrons. The van der Waals surface area contributed by atoms with E-state index in [1.54, 1.807) is 0 Å². The molecule has 1 saturated carbocycles. The van der Waals surface area contributed by atoms with Gasteiger partial charge in [0, 0.05) is 15.5 Å². The second-order valence-electron chi connectivity index (χ2n) is 5.31. The van der Waals surface area contributed by atoms with Crippen molar-refractivity contribution in [2.75, 3.05) is 13.2 Å². The molecular weight excluding hydrogens is 325 g/mol. The maximum atomic E-state index is 9.69. The van der Waals surface area contributed by atoms with Gasteiger partial charge in [-0.3, -0.25) is 0 Å². The summed E-state index contributed by atoms with van der Waals surface area (Å²) in [6.45, 7) is 0.776. The van der Waals surface area contributed by atoms with Crippen LogP contribution in [0.1, 0.15) is 24.8 Å². The highest BCUT2D eigenvalue weighted by Crippen LogP contribution is 2.41. The summed E-state index contributed by atoms with van der Waals surface area (Å²) < 4.78 is 1.25. The molecule has 1 aromatic carbocycles. The standard InChI is InChI=1S/C14H20INO/c15-13-5-3-12(4-6-13)8-14(9-16,10-17)7-11-1-2-11/h3-6,11,17H,1-2,7-10,16H2. The molecule has 0 aliphatic heterocycles. The number of benzene rings is 1. The molecule has 94 valence electrons. The minimum atomic E-state index is -0.103. The van der Waals surface area contributed by atoms with Crippen LogP contribution in [0.15, 0.2) is 24.3 Å². The Morgan fingerprint density at radius 3 is 2.41 bits per heavy atom. The Balaban J connectivity index is 2.07. The van der Waals surface area contributed by atoms with Gasteiger partial charge in [-0.1, -0.05) is 25.0 Å². The lowest BCUT2D eigenvalue weighted by Crippen LogP contribution is -2.37. The van der Waals surface area contributed by atoms with E-state index in [1.807, 2.05) is 0 Å². The molecule has 1 aliphatic carbocycles. The van der Waals surface area contributed by atoms with Gasteiger partial charge in [-0.25, -0.2) is 0 Å². The van der Waals surface area contributed by atoms with Crippen molar-refractivity contribution in [2.45, 2.75) is 25.7 Å². The van der Waals surface area contributed by atoms with Crippen LogP contribution in [0.5, 0.6) is 0 Å². The summed E-state index contributed by atoms with van der Waals surface area (Å²) >= 11 is 2.31. The second-order valence-corrected chi connectivity index (χ2v) is 6.56. The van der Waals surface area contributed by atoms with Gasteiger partial charge < -0.3 is 10.8 Å². The van der Waals surface area contributed by atoms with E-state index in [4.69, 9.17) is 5.73 Å². The molecule has 2 nitrogen and oxygen atoms in total. The van der Waals surface area contributed by atoms with Crippen LogP contribution in [-0.4, -0.2) is 18.3 Å². The Hall–Kier alpha value is -0.130. The average molecular weight is 345 g/mol. The predicted octanol–water partition coefficient (Wildman–Crippen LogP) is 2.57. The van der Waals surface area contributed by atoms with Gasteiger partial charge in [0.2, 0.25) is 0 Å². The van der Waals surface area contributed by atoms with Crippen LogP contribution in [0.4, 0.5) is 0 Å². The fourth-order valence-electron chi connectivity index (χ4n) is 2.38. The van der Waals surface area contributed by atoms with Crippen LogP contribution in [0.3, 0.4) is 0 Å². The first-order valence-corrected chi connectivity index (χ1v) is 7.31. The van der Waals surface area contributed by atoms with E-state index in [0.29, 0.717) is 6.54 Å². The first-order chi connectivity index (χ1) is 8.17. The summed E-state index contributed by atoms with van der Waals surface area (Å²) in [7, 11) is 0. The number of aliphatic hydroxyl groups excluding tert-OH is 1. The van der Waals surface area contributed by atoms with E-state index in [9.17, 15) is 5.11 Å². The van der Waals surface area contributed by atoms with Gasteiger partial charge in [0.1, 0.15) is 0 Å². The van der Waals surface area contributed by atoms with Crippen LogP contribution in [-0.2, 0) is 6.42 Å². The molecule has 1 unspecified atom stereocenters. The minimum Gasteiger partial charge on any atom is -0.396 e. The molecule has 0 heterocycles. The van der Waals surface area contributed by atoms with E-state index < -0.39 is 0 Å². The van der Waals surface area contributed by atoms with E-state index in [1.165, 1.54) is 22.0 Å². The molecule has 0 spiro atoms. The number of hydrogen-bond donors (Lipinski definition) is 2. The zero-order valence-electron chi connectivity index (χ0n) is 10.0. The van der Waals surface area contributed by atoms with Crippen molar-refractivity contribution in [3.05, 3.63) is 33.4 Å². The average Bonchev–Trinajstić information content (AvgIpc) is 3.15. The van der Waals surface area contributed by atoms with Gasteiger partial charge in [0.05, 0.1) is 6.61 Å². The van der Waals surface area contributed by atoms with Crippen molar-refractivity contribution < 1.29 is 5.11 Å². The molecule has 2 rings (SSSR count). The monoisotopic (exact) mass is 345 g/mol. The van der Waals surface area contributed by atoms with E-state index in [0.717, 1.165) is 18.8 Å². The third-order valence-electron chi connectivity index (χ3n) is 3.68. The van der Waals surface area contributed by atoms with Gasteiger partial charge >= 0.3 is 0 Å². The quantitative estimate of drug-likeness (QED) is 0.779. The summed E-state index contributed by atoms with van der Waals surface area (Å²) in [5.41, 5.74) is 7.09. The number of rotatable bonds is 6. The van der Waals surface area contributed by atoms with E-state index in [-0.39, 0.29) is 12.0 Å². The highest BCUT2D eigenvalue weighted by atomic mass is 127. The Labute approximate surface area is 117 Å². The third kappa shape index (κ3) is 3.66. The topological polar surface area (TPSA) is 46.2 Å². The lowest BCUT2D eigenvalue weighted by atomic mass is 9.78. The summed E-state index contributed by atoms with van der Waals surface area (Å²) in [5.74, 6) is 0.801. The van der Waals surface area contributed by atoms with Gasteiger partial charge in [-0.05, 0) is 59.0 Å². The molecule has 0 amide bonds. The third-order valence-corrected chi connectivity index (χ3v) is 4.40. The Morgan fingerprint density at radius 1 is 1.29 bits per heavy atom. The normalized spacial score (nSPS) is 19.0. The highest BCUT2D eigenvalue weighted by molar-refractivity contribution is 14.1. The number of halogens is 1. The van der Waals surface area contributed by atoms with Crippen molar-refractivity contribution in [2.24, 2.45) is 17.1 Å². The molecule has 0 aromatic heterocycles. The van der Waals surface area contributed by atoms with Crippen LogP contribution in [0.2, 0.25) is 0 Å². The number of nitrogens with two attached hydrogens (primary N) is 1. The van der Waals surface area contributed by atoms with Crippen LogP contribution in [0.25, 0.3) is 0 Å². The first kappa shape index (κ1) is 13.3. The zero-order valence-corrected chi connectivity index (χ0v) is 12.2. The molecule has 0 bridgehead atoms. The van der Waals surface area contributed by atoms with E-state index >= 15 is 0 Å². The lowest BCUT2D eigenvalue weighted by molar-refractivity contribution is 0.115. The minimum absolute atomic E-state index is 0.103. The van der Waals surface area contributed by atoms with Crippen LogP contribution >= 0.6 is 22.6 Å². The van der Waals surface area contributed by atoms with Crippen molar-refractivity contribution in [3.63, 3.8) is 0 Å². The summed E-state index contributed by atoms with van der Waals surface area (Å²) in [4.78, 5) is 0. The van der Waals surface area contributed by atoms with Gasteiger partial charge in [0.15, 0.2) is 0 Å². The van der Waals surface area contributed by atoms with Gasteiger partial charge in [-0.2, -0.15) is 0 Å². The maximum Gasteiger partial charge on any atom is 0.0502 e. The Morgan fingerprint density at radius 2 is 1.94 bits per heavy atom. The van der Waals surface area contributed by atoms with Crippen LogP contribution in [0, 0.1) is 14.9 Å². The van der Waals surface area contributed by atoms with Crippen molar-refractivity contribution in [1.29, 1.82) is 0 Å². The van der Waals surface area contributed by atoms with E-state index in [2.05, 4.69) is 46.9 Å². The van der Waals surface area contributed by atoms with Crippen molar-refractivity contribution in [1.82, 2.24) is 0 Å². The largest absolute Gasteiger partial charge is 0.396 e. The SMILES string of the molecule is NCC(CO)(Cc1ccc(I)cc1)CC1CC1. The molecule has 1 aromatic rings. The summed E-state index contributed by atoms with van der Waals surface area (Å²) in [6, 6.07) is 8.53. The molecule has 1 fully saturated rings. The molecule has 17 heavy (non-hydrogen) atoms. The number of aliphatic hydroxyl groups is 1. The molecule has 0 saturated heterocycles. The fourth-order valence-corrected chi connectivity index (χ4v) is 2.74. The Bertz CT molecular complexity index is 355. The highest BCUT2D eigenvalue weighted by Gasteiger charge is 2.35. The Kier molecular flexibility index (Phi) is 4.44. The van der Waals surface area contributed by atoms with Gasteiger partial charge in [-0.15, -0.1) is 0 Å². The smallest absolute Gasteiger partial charge is 0.0502 e. The maximum absolute atomic E-state index is 9.69. The van der Waals surface area contributed by atoms with Crippen LogP contribution < -0.4 is 5.73 Å². The van der Waals surface area contributed by atoms with Gasteiger partial charge in [0.25, 0.3) is 0 Å².